The largest absolute Gasteiger partial charge is 0.373 e. The van der Waals surface area contributed by atoms with Crippen LogP contribution in [0.1, 0.15) is 37.0 Å². The molecule has 2 rings (SSSR count). The molecule has 0 fully saturated rings. The van der Waals surface area contributed by atoms with Crippen molar-refractivity contribution < 1.29 is 4.79 Å². The predicted octanol–water partition coefficient (Wildman–Crippen LogP) is 3.98. The Kier molecular flexibility index (Phi) is 6.15. The minimum Gasteiger partial charge on any atom is -0.373 e. The molecular formula is C19H25N3O. The van der Waals surface area contributed by atoms with Crippen molar-refractivity contribution in [3.63, 3.8) is 0 Å². The number of pyridine rings is 1. The van der Waals surface area contributed by atoms with E-state index >= 15 is 0 Å². The molecule has 122 valence electrons. The molecule has 23 heavy (non-hydrogen) atoms. The predicted molar refractivity (Wildman–Crippen MR) is 96.2 cm³/mol. The number of rotatable bonds is 7. The maximum atomic E-state index is 12.8. The Morgan fingerprint density at radius 1 is 1.09 bits per heavy atom. The highest BCUT2D eigenvalue weighted by Gasteiger charge is 2.17. The van der Waals surface area contributed by atoms with E-state index in [1.165, 1.54) is 0 Å². The normalized spacial score (nSPS) is 10.4. The molecule has 4 heteroatoms. The minimum absolute atomic E-state index is 0.0167. The molecule has 0 bridgehead atoms. The van der Waals surface area contributed by atoms with Crippen molar-refractivity contribution in [2.45, 2.75) is 26.7 Å². The summed E-state index contributed by atoms with van der Waals surface area (Å²) in [4.78, 5) is 21.0. The minimum atomic E-state index is -0.0167. The summed E-state index contributed by atoms with van der Waals surface area (Å²) in [6.07, 6.45) is 5.73. The Hall–Kier alpha value is -2.36. The standard InChI is InChI=1S/C19H25N3O/c1-4-6-12-21(3)18-13-16(14-20-15-18)19(23)22(5-2)17-10-8-7-9-11-17/h7-11,13-15H,4-6,12H2,1-3H3. The molecule has 0 N–H and O–H groups in total. The topological polar surface area (TPSA) is 36.4 Å². The third-order valence-electron chi connectivity index (χ3n) is 3.89. The molecule has 0 spiro atoms. The second-order valence-electron chi connectivity index (χ2n) is 5.59. The van der Waals surface area contributed by atoms with Crippen molar-refractivity contribution in [2.75, 3.05) is 29.9 Å². The number of nitrogens with zero attached hydrogens (tertiary/aromatic N) is 3. The van der Waals surface area contributed by atoms with Gasteiger partial charge in [0, 0.05) is 32.0 Å². The zero-order valence-electron chi connectivity index (χ0n) is 14.2. The zero-order chi connectivity index (χ0) is 16.7. The molecule has 4 nitrogen and oxygen atoms in total. The molecule has 0 radical (unpaired) electrons. The van der Waals surface area contributed by atoms with E-state index in [0.29, 0.717) is 12.1 Å². The highest BCUT2D eigenvalue weighted by Crippen LogP contribution is 2.19. The van der Waals surface area contributed by atoms with Gasteiger partial charge in [0.25, 0.3) is 5.91 Å². The zero-order valence-corrected chi connectivity index (χ0v) is 14.2. The van der Waals surface area contributed by atoms with E-state index in [1.54, 1.807) is 11.1 Å². The van der Waals surface area contributed by atoms with Gasteiger partial charge in [-0.15, -0.1) is 0 Å². The third-order valence-corrected chi connectivity index (χ3v) is 3.89. The fraction of sp³-hybridized carbons (Fsp3) is 0.368. The summed E-state index contributed by atoms with van der Waals surface area (Å²) in [7, 11) is 2.04. The maximum Gasteiger partial charge on any atom is 0.259 e. The lowest BCUT2D eigenvalue weighted by Crippen LogP contribution is -2.31. The number of aromatic nitrogens is 1. The summed E-state index contributed by atoms with van der Waals surface area (Å²) in [6, 6.07) is 11.7. The molecule has 1 amide bonds. The first-order chi connectivity index (χ1) is 11.2. The van der Waals surface area contributed by atoms with E-state index in [-0.39, 0.29) is 5.91 Å². The summed E-state index contributed by atoms with van der Waals surface area (Å²) in [6.45, 7) is 5.74. The van der Waals surface area contributed by atoms with Crippen molar-refractivity contribution in [2.24, 2.45) is 0 Å². The van der Waals surface area contributed by atoms with Gasteiger partial charge in [0.1, 0.15) is 0 Å². The van der Waals surface area contributed by atoms with Gasteiger partial charge < -0.3 is 9.80 Å². The number of benzene rings is 1. The van der Waals surface area contributed by atoms with Gasteiger partial charge in [-0.25, -0.2) is 0 Å². The second-order valence-corrected chi connectivity index (χ2v) is 5.59. The van der Waals surface area contributed by atoms with E-state index in [4.69, 9.17) is 0 Å². The first-order valence-electron chi connectivity index (χ1n) is 8.20. The van der Waals surface area contributed by atoms with E-state index in [1.807, 2.05) is 56.6 Å². The van der Waals surface area contributed by atoms with Crippen molar-refractivity contribution in [1.82, 2.24) is 4.98 Å². The van der Waals surface area contributed by atoms with Gasteiger partial charge >= 0.3 is 0 Å². The molecule has 0 saturated heterocycles. The summed E-state index contributed by atoms with van der Waals surface area (Å²) in [5.74, 6) is -0.0167. The number of anilines is 2. The summed E-state index contributed by atoms with van der Waals surface area (Å²) >= 11 is 0. The van der Waals surface area contributed by atoms with Crippen molar-refractivity contribution in [3.8, 4) is 0 Å². The van der Waals surface area contributed by atoms with E-state index in [9.17, 15) is 4.79 Å². The molecule has 2 aromatic rings. The summed E-state index contributed by atoms with van der Waals surface area (Å²) in [5.41, 5.74) is 2.51. The van der Waals surface area contributed by atoms with Crippen LogP contribution in [0.15, 0.2) is 48.8 Å². The van der Waals surface area contributed by atoms with Crippen LogP contribution in [0.25, 0.3) is 0 Å². The first-order valence-corrected chi connectivity index (χ1v) is 8.20. The van der Waals surface area contributed by atoms with Crippen molar-refractivity contribution in [3.05, 3.63) is 54.4 Å². The number of hydrogen-bond donors (Lipinski definition) is 0. The maximum absolute atomic E-state index is 12.8. The van der Waals surface area contributed by atoms with Gasteiger partial charge in [-0.1, -0.05) is 31.5 Å². The Labute approximate surface area is 138 Å². The second kappa shape index (κ2) is 8.32. The lowest BCUT2D eigenvalue weighted by Gasteiger charge is -2.23. The van der Waals surface area contributed by atoms with Crippen LogP contribution in [-0.4, -0.2) is 31.0 Å². The molecule has 0 aliphatic heterocycles. The Morgan fingerprint density at radius 3 is 2.48 bits per heavy atom. The number of carbonyl (C=O) groups excluding carboxylic acids is 1. The summed E-state index contributed by atoms with van der Waals surface area (Å²) in [5, 5.41) is 0. The Bertz CT molecular complexity index is 628. The third kappa shape index (κ3) is 4.31. The number of carbonyl (C=O) groups is 1. The first kappa shape index (κ1) is 17.0. The lowest BCUT2D eigenvalue weighted by atomic mass is 10.2. The molecular weight excluding hydrogens is 286 g/mol. The van der Waals surface area contributed by atoms with Crippen molar-refractivity contribution >= 4 is 17.3 Å². The summed E-state index contributed by atoms with van der Waals surface area (Å²) < 4.78 is 0. The number of unbranched alkanes of at least 4 members (excludes halogenated alkanes) is 1. The van der Waals surface area contributed by atoms with Crippen LogP contribution >= 0.6 is 0 Å². The van der Waals surface area contributed by atoms with E-state index < -0.39 is 0 Å². The highest BCUT2D eigenvalue weighted by molar-refractivity contribution is 6.06. The fourth-order valence-corrected chi connectivity index (χ4v) is 2.49. The number of amides is 1. The van der Waals surface area contributed by atoms with Gasteiger partial charge in [0.05, 0.1) is 17.4 Å². The van der Waals surface area contributed by atoms with Gasteiger partial charge in [0.2, 0.25) is 0 Å². The van der Waals surface area contributed by atoms with E-state index in [0.717, 1.165) is 30.8 Å². The number of para-hydroxylation sites is 1. The molecule has 0 aliphatic carbocycles. The van der Waals surface area contributed by atoms with Crippen LogP contribution in [-0.2, 0) is 0 Å². The quantitative estimate of drug-likeness (QED) is 0.776. The van der Waals surface area contributed by atoms with Gasteiger partial charge in [0.15, 0.2) is 0 Å². The molecule has 1 heterocycles. The van der Waals surface area contributed by atoms with E-state index in [2.05, 4.69) is 16.8 Å². The number of hydrogen-bond acceptors (Lipinski definition) is 3. The molecule has 0 aliphatic rings. The highest BCUT2D eigenvalue weighted by atomic mass is 16.2. The molecule has 0 unspecified atom stereocenters. The molecule has 0 atom stereocenters. The monoisotopic (exact) mass is 311 g/mol. The van der Waals surface area contributed by atoms with Crippen LogP contribution in [0.3, 0.4) is 0 Å². The average molecular weight is 311 g/mol. The van der Waals surface area contributed by atoms with Crippen LogP contribution in [0.5, 0.6) is 0 Å². The smallest absolute Gasteiger partial charge is 0.259 e. The molecule has 1 aromatic heterocycles. The van der Waals surface area contributed by atoms with Crippen LogP contribution in [0.4, 0.5) is 11.4 Å². The van der Waals surface area contributed by atoms with Crippen LogP contribution in [0, 0.1) is 0 Å². The molecule has 1 aromatic carbocycles. The lowest BCUT2D eigenvalue weighted by molar-refractivity contribution is 0.0988. The fourth-order valence-electron chi connectivity index (χ4n) is 2.49. The Balaban J connectivity index is 2.21. The van der Waals surface area contributed by atoms with Gasteiger partial charge in [-0.3, -0.25) is 9.78 Å². The molecule has 0 saturated carbocycles. The Morgan fingerprint density at radius 2 is 1.83 bits per heavy atom. The SMILES string of the molecule is CCCCN(C)c1cncc(C(=O)N(CC)c2ccccc2)c1. The van der Waals surface area contributed by atoms with Crippen molar-refractivity contribution in [1.29, 1.82) is 0 Å². The van der Waals surface area contributed by atoms with Gasteiger partial charge in [-0.2, -0.15) is 0 Å². The van der Waals surface area contributed by atoms with Crippen LogP contribution < -0.4 is 9.80 Å². The average Bonchev–Trinajstić information content (AvgIpc) is 2.61. The van der Waals surface area contributed by atoms with Gasteiger partial charge in [-0.05, 0) is 31.5 Å². The van der Waals surface area contributed by atoms with Crippen LogP contribution in [0.2, 0.25) is 0 Å².